The minimum Gasteiger partial charge on any atom is -0.376 e. The van der Waals surface area contributed by atoms with Crippen LogP contribution in [0, 0.1) is 11.2 Å². The SMILES string of the molecule is COC(CCc1ccc(F)cc1)(Cn1cncn1)C(C)(C)C. The molecule has 0 bridgehead atoms. The van der Waals surface area contributed by atoms with E-state index in [0.29, 0.717) is 6.54 Å². The van der Waals surface area contributed by atoms with E-state index in [2.05, 4.69) is 30.9 Å². The fourth-order valence-electron chi connectivity index (χ4n) is 2.74. The summed E-state index contributed by atoms with van der Waals surface area (Å²) in [5.41, 5.74) is 0.647. The molecule has 1 unspecified atom stereocenters. The van der Waals surface area contributed by atoms with E-state index in [1.807, 2.05) is 12.1 Å². The van der Waals surface area contributed by atoms with Crippen LogP contribution in [0.4, 0.5) is 4.39 Å². The largest absolute Gasteiger partial charge is 0.376 e. The number of hydrogen-bond donors (Lipinski definition) is 0. The van der Waals surface area contributed by atoms with Crippen molar-refractivity contribution in [1.82, 2.24) is 14.8 Å². The molecular formula is C17H24FN3O. The number of halogens is 1. The lowest BCUT2D eigenvalue weighted by molar-refractivity contribution is -0.111. The Bertz CT molecular complexity index is 575. The maximum absolute atomic E-state index is 13.0. The number of methoxy groups -OCH3 is 1. The third kappa shape index (κ3) is 3.71. The Morgan fingerprint density at radius 2 is 1.86 bits per heavy atom. The molecule has 0 aliphatic carbocycles. The van der Waals surface area contributed by atoms with Gasteiger partial charge in [0, 0.05) is 7.11 Å². The maximum atomic E-state index is 13.0. The van der Waals surface area contributed by atoms with Crippen molar-refractivity contribution in [1.29, 1.82) is 0 Å². The highest BCUT2D eigenvalue weighted by molar-refractivity contribution is 5.16. The van der Waals surface area contributed by atoms with Gasteiger partial charge >= 0.3 is 0 Å². The highest BCUT2D eigenvalue weighted by atomic mass is 19.1. The molecule has 2 aromatic rings. The van der Waals surface area contributed by atoms with Crippen molar-refractivity contribution < 1.29 is 9.13 Å². The number of aryl methyl sites for hydroxylation is 1. The molecule has 5 heteroatoms. The molecule has 1 heterocycles. The van der Waals surface area contributed by atoms with Crippen molar-refractivity contribution in [2.75, 3.05) is 7.11 Å². The Kier molecular flexibility index (Phi) is 4.96. The van der Waals surface area contributed by atoms with Gasteiger partial charge in [0.05, 0.1) is 12.1 Å². The molecule has 1 atom stereocenters. The smallest absolute Gasteiger partial charge is 0.137 e. The van der Waals surface area contributed by atoms with Crippen molar-refractivity contribution in [3.63, 3.8) is 0 Å². The van der Waals surface area contributed by atoms with Gasteiger partial charge in [-0.15, -0.1) is 0 Å². The minimum atomic E-state index is -0.380. The highest BCUT2D eigenvalue weighted by Gasteiger charge is 2.42. The molecule has 1 aromatic carbocycles. The summed E-state index contributed by atoms with van der Waals surface area (Å²) in [6.45, 7) is 7.13. The number of rotatable bonds is 6. The standard InChI is InChI=1S/C17H24FN3O/c1-16(2,3)17(22-4,11-21-13-19-12-20-21)10-9-14-5-7-15(18)8-6-14/h5-8,12-13H,9-11H2,1-4H3. The second kappa shape index (κ2) is 6.57. The normalized spacial score (nSPS) is 14.8. The zero-order valence-electron chi connectivity index (χ0n) is 13.7. The lowest BCUT2D eigenvalue weighted by Gasteiger charge is -2.43. The third-order valence-corrected chi connectivity index (χ3v) is 4.37. The second-order valence-electron chi connectivity index (χ2n) is 6.67. The van der Waals surface area contributed by atoms with Crippen molar-refractivity contribution >= 4 is 0 Å². The van der Waals surface area contributed by atoms with E-state index in [4.69, 9.17) is 4.74 Å². The Labute approximate surface area is 131 Å². The van der Waals surface area contributed by atoms with Crippen molar-refractivity contribution in [3.05, 3.63) is 48.3 Å². The molecule has 0 N–H and O–H groups in total. The van der Waals surface area contributed by atoms with Crippen LogP contribution in [0.2, 0.25) is 0 Å². The van der Waals surface area contributed by atoms with Gasteiger partial charge in [-0.1, -0.05) is 32.9 Å². The first kappa shape index (κ1) is 16.6. The van der Waals surface area contributed by atoms with E-state index >= 15 is 0 Å². The number of aromatic nitrogens is 3. The van der Waals surface area contributed by atoms with Crippen LogP contribution in [0.15, 0.2) is 36.9 Å². The van der Waals surface area contributed by atoms with Gasteiger partial charge in [-0.3, -0.25) is 4.68 Å². The van der Waals surface area contributed by atoms with Gasteiger partial charge in [0.1, 0.15) is 18.5 Å². The molecule has 0 fully saturated rings. The molecular weight excluding hydrogens is 281 g/mol. The Balaban J connectivity index is 2.18. The van der Waals surface area contributed by atoms with Crippen LogP contribution >= 0.6 is 0 Å². The summed E-state index contributed by atoms with van der Waals surface area (Å²) in [6.07, 6.45) is 4.87. The van der Waals surface area contributed by atoms with Gasteiger partial charge in [0.2, 0.25) is 0 Å². The Morgan fingerprint density at radius 1 is 1.18 bits per heavy atom. The molecule has 0 aliphatic heterocycles. The summed E-state index contributed by atoms with van der Waals surface area (Å²) in [5.74, 6) is -0.208. The highest BCUT2D eigenvalue weighted by Crippen LogP contribution is 2.38. The molecule has 4 nitrogen and oxygen atoms in total. The molecule has 0 saturated carbocycles. The quantitative estimate of drug-likeness (QED) is 0.820. The maximum Gasteiger partial charge on any atom is 0.137 e. The number of benzene rings is 1. The van der Waals surface area contributed by atoms with Crippen molar-refractivity contribution in [2.24, 2.45) is 5.41 Å². The fraction of sp³-hybridized carbons (Fsp3) is 0.529. The first-order valence-corrected chi connectivity index (χ1v) is 7.48. The second-order valence-corrected chi connectivity index (χ2v) is 6.67. The van der Waals surface area contributed by atoms with Crippen LogP contribution in [0.1, 0.15) is 32.8 Å². The van der Waals surface area contributed by atoms with Crippen LogP contribution in [-0.4, -0.2) is 27.5 Å². The van der Waals surface area contributed by atoms with E-state index < -0.39 is 0 Å². The lowest BCUT2D eigenvalue weighted by Crippen LogP contribution is -2.48. The average Bonchev–Trinajstić information content (AvgIpc) is 2.96. The van der Waals surface area contributed by atoms with E-state index in [-0.39, 0.29) is 16.8 Å². The van der Waals surface area contributed by atoms with Crippen molar-refractivity contribution in [2.45, 2.75) is 45.8 Å². The molecule has 0 spiro atoms. The van der Waals surface area contributed by atoms with E-state index in [1.54, 1.807) is 18.1 Å². The Hall–Kier alpha value is -1.75. The summed E-state index contributed by atoms with van der Waals surface area (Å²) in [4.78, 5) is 4.01. The topological polar surface area (TPSA) is 39.9 Å². The van der Waals surface area contributed by atoms with Gasteiger partial charge in [-0.05, 0) is 36.0 Å². The molecule has 0 saturated heterocycles. The summed E-state index contributed by atoms with van der Waals surface area (Å²) >= 11 is 0. The molecule has 120 valence electrons. The molecule has 0 amide bonds. The predicted octanol–water partition coefficient (Wildman–Crippen LogP) is 3.48. The van der Waals surface area contributed by atoms with Gasteiger partial charge < -0.3 is 4.74 Å². The van der Waals surface area contributed by atoms with E-state index in [1.165, 1.54) is 18.5 Å². The van der Waals surface area contributed by atoms with E-state index in [9.17, 15) is 4.39 Å². The minimum absolute atomic E-state index is 0.0757. The summed E-state index contributed by atoms with van der Waals surface area (Å²) < 4.78 is 20.8. The summed E-state index contributed by atoms with van der Waals surface area (Å²) in [5, 5.41) is 4.21. The van der Waals surface area contributed by atoms with Crippen LogP contribution in [0.3, 0.4) is 0 Å². The molecule has 22 heavy (non-hydrogen) atoms. The zero-order valence-corrected chi connectivity index (χ0v) is 13.7. The lowest BCUT2D eigenvalue weighted by atomic mass is 9.73. The predicted molar refractivity (Wildman–Crippen MR) is 83.9 cm³/mol. The van der Waals surface area contributed by atoms with E-state index in [0.717, 1.165) is 18.4 Å². The third-order valence-electron chi connectivity index (χ3n) is 4.37. The van der Waals surface area contributed by atoms with Gasteiger partial charge in [0.25, 0.3) is 0 Å². The van der Waals surface area contributed by atoms with Gasteiger partial charge in [0.15, 0.2) is 0 Å². The van der Waals surface area contributed by atoms with Crippen LogP contribution in [0.5, 0.6) is 0 Å². The van der Waals surface area contributed by atoms with Crippen LogP contribution in [-0.2, 0) is 17.7 Å². The van der Waals surface area contributed by atoms with Gasteiger partial charge in [-0.25, -0.2) is 9.37 Å². The molecule has 1 aromatic heterocycles. The zero-order chi connectivity index (χ0) is 16.2. The molecule has 0 aliphatic rings. The van der Waals surface area contributed by atoms with Crippen LogP contribution < -0.4 is 0 Å². The van der Waals surface area contributed by atoms with Crippen molar-refractivity contribution in [3.8, 4) is 0 Å². The first-order valence-electron chi connectivity index (χ1n) is 7.48. The van der Waals surface area contributed by atoms with Crippen LogP contribution in [0.25, 0.3) is 0 Å². The average molecular weight is 305 g/mol. The monoisotopic (exact) mass is 305 g/mol. The fourth-order valence-corrected chi connectivity index (χ4v) is 2.74. The first-order chi connectivity index (χ1) is 10.4. The summed E-state index contributed by atoms with van der Waals surface area (Å²) in [6, 6.07) is 6.65. The van der Waals surface area contributed by atoms with Gasteiger partial charge in [-0.2, -0.15) is 5.10 Å². The molecule has 2 rings (SSSR count). The summed E-state index contributed by atoms with van der Waals surface area (Å²) in [7, 11) is 1.74. The number of nitrogens with zero attached hydrogens (tertiary/aromatic N) is 3. The number of ether oxygens (including phenoxy) is 1. The number of hydrogen-bond acceptors (Lipinski definition) is 3. The Morgan fingerprint density at radius 3 is 2.36 bits per heavy atom. The molecule has 0 radical (unpaired) electrons.